The van der Waals surface area contributed by atoms with Gasteiger partial charge in [0, 0.05) is 17.8 Å². The molecule has 1 N–H and O–H groups in total. The van der Waals surface area contributed by atoms with Crippen LogP contribution in [0.25, 0.3) is 17.0 Å². The van der Waals surface area contributed by atoms with Gasteiger partial charge in [0.2, 0.25) is 5.82 Å². The van der Waals surface area contributed by atoms with E-state index in [0.717, 1.165) is 17.7 Å². The van der Waals surface area contributed by atoms with Crippen LogP contribution in [0.3, 0.4) is 0 Å². The van der Waals surface area contributed by atoms with E-state index in [2.05, 4.69) is 15.5 Å². The third kappa shape index (κ3) is 4.01. The summed E-state index contributed by atoms with van der Waals surface area (Å²) in [5.41, 5.74) is 2.71. The lowest BCUT2D eigenvalue weighted by Gasteiger charge is -2.35. The summed E-state index contributed by atoms with van der Waals surface area (Å²) in [4.78, 5) is 19.0. The summed E-state index contributed by atoms with van der Waals surface area (Å²) in [6, 6.07) is 12.6. The zero-order valence-electron chi connectivity index (χ0n) is 17.6. The molecule has 160 valence electrons. The second kappa shape index (κ2) is 8.59. The largest absolute Gasteiger partial charge is 0.497 e. The third-order valence-electron chi connectivity index (χ3n) is 5.23. The number of aromatic nitrogens is 2. The van der Waals surface area contributed by atoms with Crippen molar-refractivity contribution in [3.63, 3.8) is 0 Å². The fourth-order valence-corrected chi connectivity index (χ4v) is 3.68. The van der Waals surface area contributed by atoms with Gasteiger partial charge in [-0.1, -0.05) is 24.2 Å². The number of hydrogen-bond donors (Lipinski definition) is 1. The first-order chi connectivity index (χ1) is 15.0. The van der Waals surface area contributed by atoms with Crippen molar-refractivity contribution in [1.29, 1.82) is 0 Å². The number of nitrogens with one attached hydrogen (secondary N) is 1. The van der Waals surface area contributed by atoms with Crippen molar-refractivity contribution in [2.45, 2.75) is 26.3 Å². The van der Waals surface area contributed by atoms with Crippen LogP contribution in [0.5, 0.6) is 5.75 Å². The molecule has 31 heavy (non-hydrogen) atoms. The van der Waals surface area contributed by atoms with Crippen molar-refractivity contribution in [3.8, 4) is 17.1 Å². The second-order valence-corrected chi connectivity index (χ2v) is 7.24. The molecule has 1 unspecified atom stereocenters. The van der Waals surface area contributed by atoms with Gasteiger partial charge in [-0.15, -0.1) is 0 Å². The Kier molecular flexibility index (Phi) is 5.70. The first-order valence-corrected chi connectivity index (χ1v) is 10.0. The van der Waals surface area contributed by atoms with E-state index in [-0.39, 0.29) is 17.7 Å². The molecule has 0 spiro atoms. The van der Waals surface area contributed by atoms with Crippen LogP contribution < -0.4 is 10.1 Å². The molecule has 2 heterocycles. The van der Waals surface area contributed by atoms with Crippen molar-refractivity contribution >= 4 is 11.6 Å². The Balaban J connectivity index is 1.79. The number of nitrogens with zero attached hydrogens (tertiary/aromatic N) is 3. The molecule has 4 rings (SSSR count). The monoisotopic (exact) mass is 422 g/mol. The van der Waals surface area contributed by atoms with Gasteiger partial charge in [0.05, 0.1) is 18.7 Å². The number of allylic oxidation sites excluding steroid dienone is 1. The van der Waals surface area contributed by atoms with Crippen LogP contribution in [0.4, 0.5) is 9.18 Å². The zero-order chi connectivity index (χ0) is 22.0. The highest BCUT2D eigenvalue weighted by molar-refractivity contribution is 5.86. The molecule has 1 aromatic heterocycles. The van der Waals surface area contributed by atoms with Gasteiger partial charge < -0.3 is 14.6 Å². The molecule has 2 aromatic carbocycles. The average molecular weight is 422 g/mol. The van der Waals surface area contributed by atoms with Gasteiger partial charge in [0.15, 0.2) is 0 Å². The maximum Gasteiger partial charge on any atom is 0.322 e. The lowest BCUT2D eigenvalue weighted by molar-refractivity contribution is 0.205. The van der Waals surface area contributed by atoms with Gasteiger partial charge in [-0.2, -0.15) is 4.98 Å². The van der Waals surface area contributed by atoms with Gasteiger partial charge in [0.25, 0.3) is 5.89 Å². The Morgan fingerprint density at radius 2 is 2.00 bits per heavy atom. The second-order valence-electron chi connectivity index (χ2n) is 7.24. The molecular weight excluding hydrogens is 399 g/mol. The molecule has 8 heteroatoms. The number of methoxy groups -OCH3 is 1. The minimum Gasteiger partial charge on any atom is -0.497 e. The van der Waals surface area contributed by atoms with E-state index in [1.807, 2.05) is 38.1 Å². The molecule has 3 aromatic rings. The highest BCUT2D eigenvalue weighted by Crippen LogP contribution is 2.37. The smallest absolute Gasteiger partial charge is 0.322 e. The van der Waals surface area contributed by atoms with Gasteiger partial charge in [-0.05, 0) is 55.3 Å². The van der Waals surface area contributed by atoms with Crippen molar-refractivity contribution < 1.29 is 18.4 Å². The number of ether oxygens (including phenoxy) is 1. The topological polar surface area (TPSA) is 80.5 Å². The third-order valence-corrected chi connectivity index (χ3v) is 5.23. The van der Waals surface area contributed by atoms with Crippen LogP contribution in [-0.4, -0.2) is 34.7 Å². The summed E-state index contributed by atoms with van der Waals surface area (Å²) < 4.78 is 24.7. The van der Waals surface area contributed by atoms with Gasteiger partial charge >= 0.3 is 6.03 Å². The fourth-order valence-electron chi connectivity index (χ4n) is 3.68. The summed E-state index contributed by atoms with van der Waals surface area (Å²) in [5.74, 6) is 1.03. The van der Waals surface area contributed by atoms with E-state index < -0.39 is 6.04 Å². The van der Waals surface area contributed by atoms with Crippen LogP contribution in [-0.2, 0) is 0 Å². The summed E-state index contributed by atoms with van der Waals surface area (Å²) in [6.07, 6.45) is 0.781. The maximum absolute atomic E-state index is 13.9. The van der Waals surface area contributed by atoms with E-state index in [9.17, 15) is 9.18 Å². The van der Waals surface area contributed by atoms with E-state index in [4.69, 9.17) is 9.26 Å². The fraction of sp³-hybridized carbons (Fsp3) is 0.261. The van der Waals surface area contributed by atoms with E-state index in [0.29, 0.717) is 29.2 Å². The van der Waals surface area contributed by atoms with Gasteiger partial charge in [-0.3, -0.25) is 4.90 Å². The van der Waals surface area contributed by atoms with Gasteiger partial charge in [0.1, 0.15) is 11.6 Å². The first kappa shape index (κ1) is 20.6. The predicted molar refractivity (Wildman–Crippen MR) is 114 cm³/mol. The highest BCUT2D eigenvalue weighted by atomic mass is 19.1. The van der Waals surface area contributed by atoms with Crippen molar-refractivity contribution in [2.24, 2.45) is 0 Å². The van der Waals surface area contributed by atoms with Crippen LogP contribution in [0.1, 0.15) is 37.8 Å². The average Bonchev–Trinajstić information content (AvgIpc) is 3.26. The lowest BCUT2D eigenvalue weighted by atomic mass is 9.94. The highest BCUT2D eigenvalue weighted by Gasteiger charge is 2.35. The normalized spacial score (nSPS) is 16.5. The van der Waals surface area contributed by atoms with E-state index >= 15 is 0 Å². The van der Waals surface area contributed by atoms with Crippen LogP contribution in [0, 0.1) is 5.82 Å². The Bertz CT molecular complexity index is 1120. The molecule has 0 saturated carbocycles. The Hall–Kier alpha value is -3.68. The molecule has 1 aliphatic heterocycles. The summed E-state index contributed by atoms with van der Waals surface area (Å²) in [5, 5.41) is 7.08. The number of amides is 2. The van der Waals surface area contributed by atoms with Crippen LogP contribution in [0.2, 0.25) is 0 Å². The zero-order valence-corrected chi connectivity index (χ0v) is 17.6. The maximum atomic E-state index is 13.9. The molecular formula is C23H23FN4O3. The number of urea groups is 1. The molecule has 2 amide bonds. The van der Waals surface area contributed by atoms with Gasteiger partial charge in [-0.25, -0.2) is 9.18 Å². The number of halogens is 1. The molecule has 1 aliphatic rings. The molecule has 7 nitrogen and oxygen atoms in total. The van der Waals surface area contributed by atoms with Crippen molar-refractivity contribution in [1.82, 2.24) is 20.4 Å². The number of carbonyl (C=O) groups is 1. The molecule has 0 aliphatic carbocycles. The van der Waals surface area contributed by atoms with Crippen molar-refractivity contribution in [3.05, 3.63) is 71.5 Å². The predicted octanol–water partition coefficient (Wildman–Crippen LogP) is 4.79. The minimum absolute atomic E-state index is 0.243. The lowest BCUT2D eigenvalue weighted by Crippen LogP contribution is -2.46. The van der Waals surface area contributed by atoms with E-state index in [1.165, 1.54) is 12.1 Å². The number of rotatable bonds is 6. The molecule has 1 atom stereocenters. The standard InChI is InChI=1S/C23H23FN4O3/c1-4-12-28-14(2)19(20(25-23(28)29)16-6-5-7-17(24)13-16)22-26-21(27-31-22)15-8-10-18(30-3)11-9-15/h5-11,13,20H,4,12H2,1-3H3,(H,25,29). The SMILES string of the molecule is CCCN1C(=O)NC(c2cccc(F)c2)C(c2nc(-c3ccc(OC)cc3)no2)=C1C. The van der Waals surface area contributed by atoms with Crippen molar-refractivity contribution in [2.75, 3.05) is 13.7 Å². The molecule has 0 radical (unpaired) electrons. The number of carbonyl (C=O) groups excluding carboxylic acids is 1. The number of benzene rings is 2. The molecule has 0 bridgehead atoms. The van der Waals surface area contributed by atoms with Crippen LogP contribution in [0.15, 0.2) is 58.8 Å². The summed E-state index contributed by atoms with van der Waals surface area (Å²) in [7, 11) is 1.60. The number of hydrogen-bond acceptors (Lipinski definition) is 5. The minimum atomic E-state index is -0.611. The molecule has 0 fully saturated rings. The summed E-state index contributed by atoms with van der Waals surface area (Å²) >= 11 is 0. The Morgan fingerprint density at radius 3 is 2.68 bits per heavy atom. The van der Waals surface area contributed by atoms with Crippen LogP contribution >= 0.6 is 0 Å². The first-order valence-electron chi connectivity index (χ1n) is 10.0. The molecule has 0 saturated heterocycles. The summed E-state index contributed by atoms with van der Waals surface area (Å²) in [6.45, 7) is 4.37. The Morgan fingerprint density at radius 1 is 1.23 bits per heavy atom. The van der Waals surface area contributed by atoms with E-state index in [1.54, 1.807) is 24.1 Å². The quantitative estimate of drug-likeness (QED) is 0.618. The Labute approximate surface area is 179 Å².